The molecular weight excluding hydrogens is 174 g/mol. The topological polar surface area (TPSA) is 22.1 Å². The minimum atomic E-state index is 0.752. The normalized spacial score (nSPS) is 9.79. The highest BCUT2D eigenvalue weighted by atomic mass is 16.5. The summed E-state index contributed by atoms with van der Waals surface area (Å²) in [6.45, 7) is 1.99. The molecule has 0 saturated carbocycles. The van der Waals surface area contributed by atoms with Crippen molar-refractivity contribution < 1.29 is 4.74 Å². The quantitative estimate of drug-likeness (QED) is 0.715. The summed E-state index contributed by atoms with van der Waals surface area (Å²) in [6.07, 6.45) is 3.41. The molecule has 0 amide bonds. The molecule has 1 aromatic heterocycles. The van der Waals surface area contributed by atoms with Crippen LogP contribution < -0.4 is 4.74 Å². The first kappa shape index (κ1) is 8.75. The van der Waals surface area contributed by atoms with Crippen LogP contribution in [0.5, 0.6) is 11.5 Å². The van der Waals surface area contributed by atoms with Crippen LogP contribution in [-0.4, -0.2) is 4.98 Å². The van der Waals surface area contributed by atoms with Gasteiger partial charge in [-0.2, -0.15) is 0 Å². The average molecular weight is 184 g/mol. The maximum Gasteiger partial charge on any atom is 0.145 e. The summed E-state index contributed by atoms with van der Waals surface area (Å²) in [7, 11) is 0. The highest BCUT2D eigenvalue weighted by Gasteiger charge is 1.98. The van der Waals surface area contributed by atoms with Crippen molar-refractivity contribution >= 4 is 0 Å². The van der Waals surface area contributed by atoms with Crippen molar-refractivity contribution in [2.45, 2.75) is 6.92 Å². The van der Waals surface area contributed by atoms with Gasteiger partial charge in [0.25, 0.3) is 0 Å². The van der Waals surface area contributed by atoms with Crippen LogP contribution in [0.1, 0.15) is 5.56 Å². The number of hydrogen-bond donors (Lipinski definition) is 0. The molecule has 0 fully saturated rings. The number of hydrogen-bond acceptors (Lipinski definition) is 2. The minimum Gasteiger partial charge on any atom is -0.455 e. The van der Waals surface area contributed by atoms with Crippen molar-refractivity contribution in [3.05, 3.63) is 54.4 Å². The Kier molecular flexibility index (Phi) is 2.45. The molecule has 0 unspecified atom stereocenters. The number of pyridine rings is 1. The van der Waals surface area contributed by atoms with E-state index in [2.05, 4.69) is 11.1 Å². The molecule has 0 saturated heterocycles. The van der Waals surface area contributed by atoms with Crippen molar-refractivity contribution in [2.24, 2.45) is 0 Å². The van der Waals surface area contributed by atoms with Crippen molar-refractivity contribution in [2.75, 3.05) is 0 Å². The molecule has 0 aliphatic carbocycles. The molecule has 69 valence electrons. The monoisotopic (exact) mass is 184 g/mol. The number of aryl methyl sites for hydroxylation is 1. The minimum absolute atomic E-state index is 0.752. The summed E-state index contributed by atoms with van der Waals surface area (Å²) in [5, 5.41) is 0. The number of benzene rings is 1. The zero-order valence-electron chi connectivity index (χ0n) is 7.90. The van der Waals surface area contributed by atoms with E-state index in [0.717, 1.165) is 17.1 Å². The molecule has 2 heteroatoms. The molecule has 14 heavy (non-hydrogen) atoms. The second-order valence-electron chi connectivity index (χ2n) is 2.98. The van der Waals surface area contributed by atoms with E-state index in [4.69, 9.17) is 4.74 Å². The number of rotatable bonds is 2. The molecule has 0 bridgehead atoms. The summed E-state index contributed by atoms with van der Waals surface area (Å²) in [6, 6.07) is 12.3. The number of ether oxygens (including phenoxy) is 1. The third-order valence-electron chi connectivity index (χ3n) is 1.88. The Bertz CT molecular complexity index is 412. The van der Waals surface area contributed by atoms with E-state index >= 15 is 0 Å². The number of nitrogens with zero attached hydrogens (tertiary/aromatic N) is 1. The molecule has 2 aromatic rings. The van der Waals surface area contributed by atoms with Crippen LogP contribution >= 0.6 is 0 Å². The van der Waals surface area contributed by atoms with Crippen LogP contribution in [0.4, 0.5) is 0 Å². The molecule has 2 rings (SSSR count). The maximum atomic E-state index is 5.63. The predicted molar refractivity (Wildman–Crippen MR) is 54.3 cm³/mol. The molecule has 0 aliphatic heterocycles. The fourth-order valence-electron chi connectivity index (χ4n) is 1.15. The second-order valence-corrected chi connectivity index (χ2v) is 2.98. The van der Waals surface area contributed by atoms with E-state index in [9.17, 15) is 0 Å². The molecule has 1 radical (unpaired) electrons. The smallest absolute Gasteiger partial charge is 0.145 e. The lowest BCUT2D eigenvalue weighted by atomic mass is 10.2. The molecule has 0 aliphatic rings. The van der Waals surface area contributed by atoms with Crippen molar-refractivity contribution in [3.63, 3.8) is 0 Å². The van der Waals surface area contributed by atoms with Crippen LogP contribution in [0.25, 0.3) is 0 Å². The van der Waals surface area contributed by atoms with Gasteiger partial charge in [0.1, 0.15) is 11.5 Å². The first-order valence-electron chi connectivity index (χ1n) is 4.41. The van der Waals surface area contributed by atoms with E-state index in [1.807, 2.05) is 37.3 Å². The van der Waals surface area contributed by atoms with Crippen LogP contribution in [-0.2, 0) is 0 Å². The van der Waals surface area contributed by atoms with Gasteiger partial charge in [0, 0.05) is 6.20 Å². The van der Waals surface area contributed by atoms with Crippen molar-refractivity contribution in [1.29, 1.82) is 0 Å². The lowest BCUT2D eigenvalue weighted by molar-refractivity contribution is 0.476. The standard InChI is InChI=1S/C12H10NO/c1-10-5-2-3-7-12(10)14-11-6-4-8-13-9-11/h3-9H,1H3. The Hall–Kier alpha value is -1.83. The highest BCUT2D eigenvalue weighted by molar-refractivity contribution is 5.35. The Balaban J connectivity index is 2.24. The Labute approximate surface area is 83.2 Å². The SMILES string of the molecule is Cc1c[c]ccc1Oc1cccnc1. The van der Waals surface area contributed by atoms with Gasteiger partial charge in [0.2, 0.25) is 0 Å². The van der Waals surface area contributed by atoms with Gasteiger partial charge in [0.05, 0.1) is 6.20 Å². The van der Waals surface area contributed by atoms with Gasteiger partial charge in [-0.15, -0.1) is 0 Å². The Morgan fingerprint density at radius 3 is 3.00 bits per heavy atom. The van der Waals surface area contributed by atoms with Gasteiger partial charge in [-0.05, 0) is 42.8 Å². The molecular formula is C12H10NO. The second kappa shape index (κ2) is 3.92. The van der Waals surface area contributed by atoms with Gasteiger partial charge in [-0.25, -0.2) is 0 Å². The summed E-state index contributed by atoms with van der Waals surface area (Å²) >= 11 is 0. The molecule has 1 aromatic carbocycles. The molecule has 0 spiro atoms. The zero-order chi connectivity index (χ0) is 9.80. The van der Waals surface area contributed by atoms with Crippen molar-refractivity contribution in [3.8, 4) is 11.5 Å². The van der Waals surface area contributed by atoms with Crippen LogP contribution in [0.3, 0.4) is 0 Å². The van der Waals surface area contributed by atoms with Gasteiger partial charge in [-0.3, -0.25) is 4.98 Å². The summed E-state index contributed by atoms with van der Waals surface area (Å²) < 4.78 is 5.63. The highest BCUT2D eigenvalue weighted by Crippen LogP contribution is 2.22. The van der Waals surface area contributed by atoms with Crippen LogP contribution in [0.2, 0.25) is 0 Å². The van der Waals surface area contributed by atoms with Gasteiger partial charge in [-0.1, -0.05) is 6.07 Å². The zero-order valence-corrected chi connectivity index (χ0v) is 7.90. The first-order valence-corrected chi connectivity index (χ1v) is 4.41. The van der Waals surface area contributed by atoms with Crippen molar-refractivity contribution in [1.82, 2.24) is 4.98 Å². The van der Waals surface area contributed by atoms with E-state index < -0.39 is 0 Å². The van der Waals surface area contributed by atoms with Crippen LogP contribution in [0, 0.1) is 13.0 Å². The third kappa shape index (κ3) is 1.91. The fourth-order valence-corrected chi connectivity index (χ4v) is 1.15. The summed E-state index contributed by atoms with van der Waals surface area (Å²) in [4.78, 5) is 3.98. The lowest BCUT2D eigenvalue weighted by Crippen LogP contribution is -1.87. The van der Waals surface area contributed by atoms with E-state index in [-0.39, 0.29) is 0 Å². The van der Waals surface area contributed by atoms with E-state index in [1.165, 1.54) is 0 Å². The maximum absolute atomic E-state index is 5.63. The van der Waals surface area contributed by atoms with Gasteiger partial charge in [0.15, 0.2) is 0 Å². The van der Waals surface area contributed by atoms with E-state index in [1.54, 1.807) is 12.4 Å². The Morgan fingerprint density at radius 1 is 1.36 bits per heavy atom. The average Bonchev–Trinajstić information content (AvgIpc) is 2.23. The summed E-state index contributed by atoms with van der Waals surface area (Å²) in [5.74, 6) is 1.60. The van der Waals surface area contributed by atoms with Crippen LogP contribution in [0.15, 0.2) is 42.7 Å². The molecule has 2 nitrogen and oxygen atoms in total. The first-order chi connectivity index (χ1) is 6.86. The number of aromatic nitrogens is 1. The Morgan fingerprint density at radius 2 is 2.29 bits per heavy atom. The summed E-state index contributed by atoms with van der Waals surface area (Å²) in [5.41, 5.74) is 1.07. The molecule has 0 N–H and O–H groups in total. The molecule has 1 heterocycles. The lowest BCUT2D eigenvalue weighted by Gasteiger charge is -2.06. The third-order valence-corrected chi connectivity index (χ3v) is 1.88. The predicted octanol–water partition coefficient (Wildman–Crippen LogP) is 2.98. The fraction of sp³-hybridized carbons (Fsp3) is 0.0833. The largest absolute Gasteiger partial charge is 0.455 e. The molecule has 0 atom stereocenters. The van der Waals surface area contributed by atoms with Gasteiger partial charge >= 0.3 is 0 Å². The van der Waals surface area contributed by atoms with E-state index in [0.29, 0.717) is 0 Å². The van der Waals surface area contributed by atoms with Gasteiger partial charge < -0.3 is 4.74 Å².